The maximum absolute atomic E-state index is 12.5. The SMILES string of the molecule is CCC(C)(CC)C(=O)Nc1ccc(Cl)cc1-n1cccn1. The first-order chi connectivity index (χ1) is 10.00. The van der Waals surface area contributed by atoms with Gasteiger partial charge in [-0.3, -0.25) is 4.79 Å². The minimum atomic E-state index is -0.374. The van der Waals surface area contributed by atoms with Gasteiger partial charge in [0.05, 0.1) is 11.4 Å². The number of halogens is 1. The van der Waals surface area contributed by atoms with E-state index in [9.17, 15) is 4.79 Å². The predicted molar refractivity (Wildman–Crippen MR) is 85.9 cm³/mol. The van der Waals surface area contributed by atoms with Crippen LogP contribution in [0.4, 0.5) is 5.69 Å². The van der Waals surface area contributed by atoms with Crippen LogP contribution < -0.4 is 5.32 Å². The fraction of sp³-hybridized carbons (Fsp3) is 0.375. The van der Waals surface area contributed by atoms with Gasteiger partial charge >= 0.3 is 0 Å². The summed E-state index contributed by atoms with van der Waals surface area (Å²) in [7, 11) is 0. The van der Waals surface area contributed by atoms with Gasteiger partial charge in [-0.15, -0.1) is 0 Å². The molecule has 0 aliphatic carbocycles. The second-order valence-corrected chi connectivity index (χ2v) is 5.77. The second-order valence-electron chi connectivity index (χ2n) is 5.33. The zero-order valence-electron chi connectivity index (χ0n) is 12.6. The maximum Gasteiger partial charge on any atom is 0.230 e. The number of carbonyl (C=O) groups is 1. The Kier molecular flexibility index (Phi) is 4.68. The van der Waals surface area contributed by atoms with E-state index in [0.717, 1.165) is 18.5 Å². The second kappa shape index (κ2) is 6.31. The van der Waals surface area contributed by atoms with E-state index in [0.29, 0.717) is 10.7 Å². The summed E-state index contributed by atoms with van der Waals surface area (Å²) in [5.74, 6) is 0.0169. The Morgan fingerprint density at radius 3 is 2.67 bits per heavy atom. The van der Waals surface area contributed by atoms with Crippen molar-refractivity contribution in [1.29, 1.82) is 0 Å². The minimum absolute atomic E-state index is 0.0169. The van der Waals surface area contributed by atoms with E-state index < -0.39 is 0 Å². The molecule has 4 nitrogen and oxygen atoms in total. The first-order valence-corrected chi connectivity index (χ1v) is 7.49. The topological polar surface area (TPSA) is 46.9 Å². The third-order valence-electron chi connectivity index (χ3n) is 4.07. The molecule has 0 unspecified atom stereocenters. The van der Waals surface area contributed by atoms with E-state index in [-0.39, 0.29) is 11.3 Å². The highest BCUT2D eigenvalue weighted by molar-refractivity contribution is 6.30. The molecular formula is C16H20ClN3O. The van der Waals surface area contributed by atoms with Crippen LogP contribution in [0.5, 0.6) is 0 Å². The van der Waals surface area contributed by atoms with Gasteiger partial charge < -0.3 is 5.32 Å². The Morgan fingerprint density at radius 2 is 2.10 bits per heavy atom. The number of hydrogen-bond acceptors (Lipinski definition) is 2. The van der Waals surface area contributed by atoms with Crippen molar-refractivity contribution in [1.82, 2.24) is 9.78 Å². The molecule has 0 bridgehead atoms. The maximum atomic E-state index is 12.5. The van der Waals surface area contributed by atoms with E-state index in [1.807, 2.05) is 39.1 Å². The van der Waals surface area contributed by atoms with Crippen molar-refractivity contribution in [3.63, 3.8) is 0 Å². The van der Waals surface area contributed by atoms with Crippen molar-refractivity contribution >= 4 is 23.2 Å². The molecule has 0 aliphatic heterocycles. The Balaban J connectivity index is 2.35. The van der Waals surface area contributed by atoms with Gasteiger partial charge in [-0.25, -0.2) is 4.68 Å². The van der Waals surface area contributed by atoms with Gasteiger partial charge in [-0.05, 0) is 37.1 Å². The molecule has 2 rings (SSSR count). The minimum Gasteiger partial charge on any atom is -0.324 e. The summed E-state index contributed by atoms with van der Waals surface area (Å²) >= 11 is 6.06. The van der Waals surface area contributed by atoms with E-state index in [2.05, 4.69) is 10.4 Å². The highest BCUT2D eigenvalue weighted by Crippen LogP contribution is 2.30. The number of hydrogen-bond donors (Lipinski definition) is 1. The molecule has 112 valence electrons. The van der Waals surface area contributed by atoms with Gasteiger partial charge in [0.1, 0.15) is 0 Å². The normalized spacial score (nSPS) is 11.4. The molecule has 1 amide bonds. The summed E-state index contributed by atoms with van der Waals surface area (Å²) < 4.78 is 1.69. The molecule has 1 heterocycles. The lowest BCUT2D eigenvalue weighted by molar-refractivity contribution is -0.125. The Hall–Kier alpha value is -1.81. The van der Waals surface area contributed by atoms with Gasteiger partial charge in [0.25, 0.3) is 0 Å². The van der Waals surface area contributed by atoms with Crippen molar-refractivity contribution in [2.45, 2.75) is 33.6 Å². The molecule has 1 aromatic carbocycles. The summed E-state index contributed by atoms with van der Waals surface area (Å²) in [6.45, 7) is 6.03. The van der Waals surface area contributed by atoms with E-state index >= 15 is 0 Å². The van der Waals surface area contributed by atoms with Crippen LogP contribution in [-0.2, 0) is 4.79 Å². The molecule has 0 aliphatic rings. The number of amides is 1. The highest BCUT2D eigenvalue weighted by Gasteiger charge is 2.29. The lowest BCUT2D eigenvalue weighted by Crippen LogP contribution is -2.32. The molecular weight excluding hydrogens is 286 g/mol. The quantitative estimate of drug-likeness (QED) is 0.895. The molecule has 0 atom stereocenters. The zero-order chi connectivity index (χ0) is 15.5. The average molecular weight is 306 g/mol. The standard InChI is InChI=1S/C16H20ClN3O/c1-4-16(3,5-2)15(21)19-13-8-7-12(17)11-14(13)20-10-6-9-18-20/h6-11H,4-5H2,1-3H3,(H,19,21). The van der Waals surface area contributed by atoms with E-state index in [1.165, 1.54) is 0 Å². The number of anilines is 1. The van der Waals surface area contributed by atoms with Crippen molar-refractivity contribution in [3.05, 3.63) is 41.7 Å². The average Bonchev–Trinajstić information content (AvgIpc) is 3.02. The van der Waals surface area contributed by atoms with E-state index in [1.54, 1.807) is 23.0 Å². The van der Waals surface area contributed by atoms with Crippen molar-refractivity contribution in [2.24, 2.45) is 5.41 Å². The van der Waals surface area contributed by atoms with Gasteiger partial charge in [-0.1, -0.05) is 32.4 Å². The van der Waals surface area contributed by atoms with Crippen molar-refractivity contribution in [2.75, 3.05) is 5.32 Å². The molecule has 2 aromatic rings. The van der Waals surface area contributed by atoms with Crippen LogP contribution in [0.2, 0.25) is 5.02 Å². The van der Waals surface area contributed by atoms with Crippen LogP contribution in [0.25, 0.3) is 5.69 Å². The number of aromatic nitrogens is 2. The monoisotopic (exact) mass is 305 g/mol. The predicted octanol–water partition coefficient (Wildman–Crippen LogP) is 4.29. The van der Waals surface area contributed by atoms with Gasteiger partial charge in [0, 0.05) is 22.8 Å². The number of rotatable bonds is 5. The van der Waals surface area contributed by atoms with Crippen LogP contribution >= 0.6 is 11.6 Å². The van der Waals surface area contributed by atoms with Crippen LogP contribution in [0.3, 0.4) is 0 Å². The molecule has 0 fully saturated rings. The van der Waals surface area contributed by atoms with Crippen molar-refractivity contribution < 1.29 is 4.79 Å². The Labute approximate surface area is 130 Å². The molecule has 5 heteroatoms. The lowest BCUT2D eigenvalue weighted by atomic mass is 9.83. The summed E-state index contributed by atoms with van der Waals surface area (Å²) in [6.07, 6.45) is 5.09. The largest absolute Gasteiger partial charge is 0.324 e. The fourth-order valence-electron chi connectivity index (χ4n) is 2.06. The summed E-state index contributed by atoms with van der Waals surface area (Å²) in [4.78, 5) is 12.5. The summed E-state index contributed by atoms with van der Waals surface area (Å²) in [5, 5.41) is 7.82. The van der Waals surface area contributed by atoms with Gasteiger partial charge in [0.2, 0.25) is 5.91 Å². The molecule has 0 radical (unpaired) electrons. The first kappa shape index (κ1) is 15.6. The Morgan fingerprint density at radius 1 is 1.38 bits per heavy atom. The molecule has 0 spiro atoms. The lowest BCUT2D eigenvalue weighted by Gasteiger charge is -2.26. The number of carbonyl (C=O) groups excluding carboxylic acids is 1. The molecule has 21 heavy (non-hydrogen) atoms. The fourth-order valence-corrected chi connectivity index (χ4v) is 2.22. The molecule has 1 N–H and O–H groups in total. The molecule has 1 aromatic heterocycles. The third kappa shape index (κ3) is 3.27. The number of benzene rings is 1. The van der Waals surface area contributed by atoms with Crippen LogP contribution in [-0.4, -0.2) is 15.7 Å². The summed E-state index contributed by atoms with van der Waals surface area (Å²) in [5.41, 5.74) is 1.10. The molecule has 0 saturated heterocycles. The first-order valence-electron chi connectivity index (χ1n) is 7.11. The van der Waals surface area contributed by atoms with Crippen LogP contribution in [0, 0.1) is 5.41 Å². The number of nitrogens with zero attached hydrogens (tertiary/aromatic N) is 2. The third-order valence-corrected chi connectivity index (χ3v) is 4.30. The highest BCUT2D eigenvalue weighted by atomic mass is 35.5. The zero-order valence-corrected chi connectivity index (χ0v) is 13.3. The number of nitrogens with one attached hydrogen (secondary N) is 1. The van der Waals surface area contributed by atoms with Crippen molar-refractivity contribution in [3.8, 4) is 5.69 Å². The van der Waals surface area contributed by atoms with Crippen LogP contribution in [0.1, 0.15) is 33.6 Å². The van der Waals surface area contributed by atoms with E-state index in [4.69, 9.17) is 11.6 Å². The summed E-state index contributed by atoms with van der Waals surface area (Å²) in [6, 6.07) is 7.19. The van der Waals surface area contributed by atoms with Crippen LogP contribution in [0.15, 0.2) is 36.7 Å². The van der Waals surface area contributed by atoms with Gasteiger partial charge in [-0.2, -0.15) is 5.10 Å². The molecule has 0 saturated carbocycles. The van der Waals surface area contributed by atoms with Gasteiger partial charge in [0.15, 0.2) is 0 Å². The Bertz CT molecular complexity index is 618. The smallest absolute Gasteiger partial charge is 0.230 e.